The monoisotopic (exact) mass is 351 g/mol. The minimum absolute atomic E-state index is 0.0278. The van der Waals surface area contributed by atoms with E-state index in [1.165, 1.54) is 12.8 Å². The van der Waals surface area contributed by atoms with E-state index in [0.29, 0.717) is 37.6 Å². The minimum Gasteiger partial charge on any atom is -0.372 e. The number of ether oxygens (including phenoxy) is 1. The van der Waals surface area contributed by atoms with Gasteiger partial charge in [0.1, 0.15) is 11.1 Å². The van der Waals surface area contributed by atoms with Crippen LogP contribution in [0.15, 0.2) is 5.38 Å². The molecule has 3 heterocycles. The van der Waals surface area contributed by atoms with Crippen LogP contribution in [-0.2, 0) is 16.1 Å². The number of nitrogens with one attached hydrogen (secondary N) is 1. The smallest absolute Gasteiger partial charge is 0.222 e. The Morgan fingerprint density at radius 3 is 2.83 bits per heavy atom. The molecule has 2 bridgehead atoms. The summed E-state index contributed by atoms with van der Waals surface area (Å²) in [5.74, 6) is 0.788. The van der Waals surface area contributed by atoms with Crippen molar-refractivity contribution in [1.82, 2.24) is 15.2 Å². The molecule has 2 aliphatic rings. The first-order valence-corrected chi connectivity index (χ1v) is 9.99. The second kappa shape index (κ2) is 7.93. The van der Waals surface area contributed by atoms with E-state index in [9.17, 15) is 4.79 Å². The number of aromatic nitrogens is 1. The summed E-state index contributed by atoms with van der Waals surface area (Å²) in [5, 5.41) is 6.67. The van der Waals surface area contributed by atoms with Crippen molar-refractivity contribution >= 4 is 17.2 Å². The fourth-order valence-corrected chi connectivity index (χ4v) is 4.79. The number of hydrogen-bond acceptors (Lipinski definition) is 5. The average molecular weight is 352 g/mol. The molecule has 0 radical (unpaired) electrons. The molecule has 0 spiro atoms. The molecule has 0 aliphatic carbocycles. The van der Waals surface area contributed by atoms with Gasteiger partial charge in [-0.05, 0) is 45.4 Å². The molecule has 0 aromatic carbocycles. The zero-order valence-corrected chi connectivity index (χ0v) is 15.8. The van der Waals surface area contributed by atoms with Crippen LogP contribution < -0.4 is 5.32 Å². The van der Waals surface area contributed by atoms with Crippen LogP contribution in [0.4, 0.5) is 0 Å². The fraction of sp³-hybridized carbons (Fsp3) is 0.778. The van der Waals surface area contributed by atoms with Crippen LogP contribution >= 0.6 is 11.3 Å². The molecule has 6 heteroatoms. The van der Waals surface area contributed by atoms with E-state index < -0.39 is 0 Å². The Balaban J connectivity index is 1.49. The summed E-state index contributed by atoms with van der Waals surface area (Å²) >= 11 is 1.61. The van der Waals surface area contributed by atoms with E-state index >= 15 is 0 Å². The van der Waals surface area contributed by atoms with Gasteiger partial charge in [-0.15, -0.1) is 11.3 Å². The third kappa shape index (κ3) is 4.35. The number of hydrogen-bond donors (Lipinski definition) is 1. The highest BCUT2D eigenvalue weighted by atomic mass is 32.1. The maximum absolute atomic E-state index is 12.5. The van der Waals surface area contributed by atoms with Crippen LogP contribution in [0, 0.1) is 5.92 Å². The Labute approximate surface area is 148 Å². The second-order valence-electron chi connectivity index (χ2n) is 7.20. The van der Waals surface area contributed by atoms with Gasteiger partial charge in [0.05, 0.1) is 12.2 Å². The van der Waals surface area contributed by atoms with Crippen LogP contribution in [-0.4, -0.2) is 41.5 Å². The Hall–Kier alpha value is -0.980. The van der Waals surface area contributed by atoms with E-state index in [0.717, 1.165) is 23.5 Å². The number of rotatable bonds is 7. The molecule has 1 N–H and O–H groups in total. The standard InChI is InChI=1S/C18H29N3O2S/c1-4-23-12(2)18-20-16(11-24-18)10-21(3)17(22)9-13-7-14-5-6-15(8-13)19-14/h11-15,19H,4-10H2,1-3H3. The van der Waals surface area contributed by atoms with Crippen molar-refractivity contribution in [2.24, 2.45) is 5.92 Å². The van der Waals surface area contributed by atoms with Gasteiger partial charge in [0.15, 0.2) is 0 Å². The molecule has 0 saturated carbocycles. The SMILES string of the molecule is CCOC(C)c1nc(CN(C)C(=O)CC2CC3CCC(C2)N3)cs1. The quantitative estimate of drug-likeness (QED) is 0.820. The number of carbonyl (C=O) groups excluding carboxylic acids is 1. The average Bonchev–Trinajstić information content (AvgIpc) is 3.14. The first kappa shape index (κ1) is 17.8. The van der Waals surface area contributed by atoms with Crippen molar-refractivity contribution in [2.45, 2.75) is 70.7 Å². The third-order valence-corrected chi connectivity index (χ3v) is 6.25. The summed E-state index contributed by atoms with van der Waals surface area (Å²) in [6, 6.07) is 1.29. The van der Waals surface area contributed by atoms with Gasteiger partial charge in [0, 0.05) is 37.5 Å². The van der Waals surface area contributed by atoms with Crippen LogP contribution in [0.3, 0.4) is 0 Å². The summed E-state index contributed by atoms with van der Waals surface area (Å²) in [4.78, 5) is 19.0. The Morgan fingerprint density at radius 1 is 1.46 bits per heavy atom. The second-order valence-corrected chi connectivity index (χ2v) is 8.09. The molecule has 1 aromatic rings. The molecule has 2 aliphatic heterocycles. The van der Waals surface area contributed by atoms with E-state index in [4.69, 9.17) is 4.74 Å². The first-order chi connectivity index (χ1) is 11.5. The zero-order valence-electron chi connectivity index (χ0n) is 15.0. The Kier molecular flexibility index (Phi) is 5.89. The largest absolute Gasteiger partial charge is 0.372 e. The molecule has 3 unspecified atom stereocenters. The molecule has 134 valence electrons. The highest BCUT2D eigenvalue weighted by molar-refractivity contribution is 7.09. The van der Waals surface area contributed by atoms with Crippen LogP contribution in [0.1, 0.15) is 62.8 Å². The number of nitrogens with zero attached hydrogens (tertiary/aromatic N) is 2. The number of carbonyl (C=O) groups is 1. The van der Waals surface area contributed by atoms with Crippen LogP contribution in [0.5, 0.6) is 0 Å². The Morgan fingerprint density at radius 2 is 2.17 bits per heavy atom. The molecule has 2 saturated heterocycles. The maximum atomic E-state index is 12.5. The number of piperidine rings is 1. The number of amides is 1. The normalized spacial score (nSPS) is 27.2. The van der Waals surface area contributed by atoms with Gasteiger partial charge < -0.3 is 15.0 Å². The molecule has 24 heavy (non-hydrogen) atoms. The van der Waals surface area contributed by atoms with Crippen LogP contribution in [0.25, 0.3) is 0 Å². The van der Waals surface area contributed by atoms with Gasteiger partial charge >= 0.3 is 0 Å². The third-order valence-electron chi connectivity index (χ3n) is 5.19. The van der Waals surface area contributed by atoms with Gasteiger partial charge in [-0.2, -0.15) is 0 Å². The van der Waals surface area contributed by atoms with Crippen molar-refractivity contribution < 1.29 is 9.53 Å². The van der Waals surface area contributed by atoms with Crippen molar-refractivity contribution in [3.8, 4) is 0 Å². The minimum atomic E-state index is 0.0278. The lowest BCUT2D eigenvalue weighted by Gasteiger charge is -2.29. The molecule has 2 fully saturated rings. The molecule has 3 rings (SSSR count). The molecular weight excluding hydrogens is 322 g/mol. The molecule has 3 atom stereocenters. The molecule has 1 amide bonds. The van der Waals surface area contributed by atoms with Gasteiger partial charge in [-0.1, -0.05) is 0 Å². The lowest BCUT2D eigenvalue weighted by atomic mass is 9.89. The van der Waals surface area contributed by atoms with Gasteiger partial charge in [0.25, 0.3) is 0 Å². The lowest BCUT2D eigenvalue weighted by molar-refractivity contribution is -0.131. The molecular formula is C18H29N3O2S. The van der Waals surface area contributed by atoms with Gasteiger partial charge in [-0.25, -0.2) is 4.98 Å². The van der Waals surface area contributed by atoms with Crippen molar-refractivity contribution in [3.63, 3.8) is 0 Å². The predicted octanol–water partition coefficient (Wildman–Crippen LogP) is 3.12. The lowest BCUT2D eigenvalue weighted by Crippen LogP contribution is -2.39. The molecule has 5 nitrogen and oxygen atoms in total. The fourth-order valence-electron chi connectivity index (χ4n) is 3.98. The van der Waals surface area contributed by atoms with E-state index in [1.54, 1.807) is 11.3 Å². The van der Waals surface area contributed by atoms with Crippen molar-refractivity contribution in [3.05, 3.63) is 16.1 Å². The van der Waals surface area contributed by atoms with Crippen LogP contribution in [0.2, 0.25) is 0 Å². The first-order valence-electron chi connectivity index (χ1n) is 9.11. The summed E-state index contributed by atoms with van der Waals surface area (Å²) in [6.45, 7) is 5.29. The van der Waals surface area contributed by atoms with Crippen molar-refractivity contribution in [2.75, 3.05) is 13.7 Å². The van der Waals surface area contributed by atoms with Gasteiger partial charge in [-0.3, -0.25) is 4.79 Å². The van der Waals surface area contributed by atoms with Gasteiger partial charge in [0.2, 0.25) is 5.91 Å². The zero-order chi connectivity index (χ0) is 17.1. The topological polar surface area (TPSA) is 54.5 Å². The molecule has 1 aromatic heterocycles. The summed E-state index contributed by atoms with van der Waals surface area (Å²) in [5.41, 5.74) is 0.961. The predicted molar refractivity (Wildman–Crippen MR) is 95.9 cm³/mol. The van der Waals surface area contributed by atoms with Crippen molar-refractivity contribution in [1.29, 1.82) is 0 Å². The highest BCUT2D eigenvalue weighted by Gasteiger charge is 2.34. The Bertz CT molecular complexity index is 550. The number of thiazole rings is 1. The number of fused-ring (bicyclic) bond motifs is 2. The van der Waals surface area contributed by atoms with E-state index in [-0.39, 0.29) is 12.0 Å². The highest BCUT2D eigenvalue weighted by Crippen LogP contribution is 2.33. The van der Waals surface area contributed by atoms with E-state index in [1.807, 2.05) is 31.2 Å². The maximum Gasteiger partial charge on any atom is 0.222 e. The summed E-state index contributed by atoms with van der Waals surface area (Å²) in [6.07, 6.45) is 5.58. The van der Waals surface area contributed by atoms with E-state index in [2.05, 4.69) is 10.3 Å². The summed E-state index contributed by atoms with van der Waals surface area (Å²) < 4.78 is 5.58. The summed E-state index contributed by atoms with van der Waals surface area (Å²) in [7, 11) is 1.89.